The summed E-state index contributed by atoms with van der Waals surface area (Å²) in [4.78, 5) is 13.5. The Morgan fingerprint density at radius 2 is 1.78 bits per heavy atom. The first-order chi connectivity index (χ1) is 15.2. The maximum absolute atomic E-state index is 12.8. The summed E-state index contributed by atoms with van der Waals surface area (Å²) in [5.41, 5.74) is 2.66. The molecule has 32 heavy (non-hydrogen) atoms. The van der Waals surface area contributed by atoms with E-state index in [0.29, 0.717) is 17.8 Å². The highest BCUT2D eigenvalue weighted by molar-refractivity contribution is 6.32. The van der Waals surface area contributed by atoms with Crippen LogP contribution in [0.25, 0.3) is 0 Å². The van der Waals surface area contributed by atoms with Crippen LogP contribution in [0.15, 0.2) is 71.9 Å². The number of benzene rings is 2. The van der Waals surface area contributed by atoms with Gasteiger partial charge < -0.3 is 4.74 Å². The molecule has 0 fully saturated rings. The maximum atomic E-state index is 12.8. The summed E-state index contributed by atoms with van der Waals surface area (Å²) >= 11 is 5.95. The predicted molar refractivity (Wildman–Crippen MR) is 117 cm³/mol. The molecule has 3 rings (SSSR count). The Hall–Kier alpha value is -3.10. The van der Waals surface area contributed by atoms with Crippen LogP contribution in [0.5, 0.6) is 11.5 Å². The van der Waals surface area contributed by atoms with Crippen LogP contribution >= 0.6 is 11.6 Å². The molecule has 0 radical (unpaired) electrons. The number of hydroxylamine groups is 1. The quantitative estimate of drug-likeness (QED) is 0.234. The van der Waals surface area contributed by atoms with Gasteiger partial charge in [0.25, 0.3) is 0 Å². The van der Waals surface area contributed by atoms with Crippen molar-refractivity contribution in [2.75, 3.05) is 0 Å². The van der Waals surface area contributed by atoms with E-state index in [2.05, 4.69) is 15.5 Å². The molecule has 0 saturated heterocycles. The first-order valence-electron chi connectivity index (χ1n) is 9.73. The summed E-state index contributed by atoms with van der Waals surface area (Å²) in [5.74, 6) is 1.60. The Balaban J connectivity index is 1.65. The smallest absolute Gasteiger partial charge is 0.417 e. The summed E-state index contributed by atoms with van der Waals surface area (Å²) in [6.07, 6.45) is -3.83. The number of aromatic nitrogens is 1. The summed E-state index contributed by atoms with van der Waals surface area (Å²) in [7, 11) is 0. The van der Waals surface area contributed by atoms with Gasteiger partial charge in [-0.2, -0.15) is 13.2 Å². The van der Waals surface area contributed by atoms with Crippen LogP contribution in [-0.4, -0.2) is 10.8 Å². The molecule has 1 heterocycles. The number of hydrogen-bond donors (Lipinski definition) is 1. The number of amidine groups is 1. The van der Waals surface area contributed by atoms with Crippen molar-refractivity contribution in [2.45, 2.75) is 26.6 Å². The third-order valence-corrected chi connectivity index (χ3v) is 4.49. The van der Waals surface area contributed by atoms with E-state index in [1.54, 1.807) is 0 Å². The number of halogens is 4. The number of hydrogen-bond acceptors (Lipinski definition) is 4. The van der Waals surface area contributed by atoms with E-state index >= 15 is 0 Å². The van der Waals surface area contributed by atoms with E-state index in [1.165, 1.54) is 0 Å². The monoisotopic (exact) mass is 463 g/mol. The van der Waals surface area contributed by atoms with Crippen molar-refractivity contribution in [3.63, 3.8) is 0 Å². The standard InChI is InChI=1S/C23H21ClF3N3O2/c1-15(2)21(29-22-20(24)12-17(13-28-22)23(25,26)27)30-31-14-16-7-6-10-19(11-16)32-18-8-4-3-5-9-18/h3-13,15H,14H2,1-2H3,(H,28,29,30). The van der Waals surface area contributed by atoms with Gasteiger partial charge in [-0.1, -0.05) is 55.8 Å². The Morgan fingerprint density at radius 3 is 2.44 bits per heavy atom. The normalized spacial score (nSPS) is 12.2. The average molecular weight is 464 g/mol. The largest absolute Gasteiger partial charge is 0.457 e. The van der Waals surface area contributed by atoms with E-state index in [4.69, 9.17) is 21.2 Å². The summed E-state index contributed by atoms with van der Waals surface area (Å²) in [6, 6.07) is 17.6. The van der Waals surface area contributed by atoms with Gasteiger partial charge in [-0.3, -0.25) is 10.3 Å². The van der Waals surface area contributed by atoms with Gasteiger partial charge in [0.15, 0.2) is 5.82 Å². The van der Waals surface area contributed by atoms with Crippen LogP contribution < -0.4 is 10.2 Å². The first kappa shape index (κ1) is 23.6. The number of nitrogens with one attached hydrogen (secondary N) is 1. The second kappa shape index (κ2) is 10.5. The molecule has 3 aromatic rings. The molecule has 0 aliphatic heterocycles. The van der Waals surface area contributed by atoms with E-state index in [1.807, 2.05) is 68.4 Å². The van der Waals surface area contributed by atoms with Gasteiger partial charge >= 0.3 is 6.18 Å². The van der Waals surface area contributed by atoms with Crippen molar-refractivity contribution < 1.29 is 22.7 Å². The lowest BCUT2D eigenvalue weighted by molar-refractivity contribution is -0.137. The first-order valence-corrected chi connectivity index (χ1v) is 10.1. The topological polar surface area (TPSA) is 55.7 Å². The van der Waals surface area contributed by atoms with Gasteiger partial charge in [0, 0.05) is 12.1 Å². The molecular weight excluding hydrogens is 443 g/mol. The number of ether oxygens (including phenoxy) is 1. The molecule has 0 aliphatic rings. The van der Waals surface area contributed by atoms with Crippen molar-refractivity contribution in [1.29, 1.82) is 0 Å². The van der Waals surface area contributed by atoms with Gasteiger partial charge in [-0.25, -0.2) is 9.98 Å². The molecule has 0 amide bonds. The number of alkyl halides is 3. The van der Waals surface area contributed by atoms with E-state index < -0.39 is 11.7 Å². The van der Waals surface area contributed by atoms with Gasteiger partial charge in [-0.05, 0) is 35.9 Å². The van der Waals surface area contributed by atoms with Crippen LogP contribution in [0, 0.1) is 5.92 Å². The molecule has 9 heteroatoms. The molecule has 5 nitrogen and oxygen atoms in total. The van der Waals surface area contributed by atoms with Gasteiger partial charge in [0.2, 0.25) is 0 Å². The van der Waals surface area contributed by atoms with Gasteiger partial charge in [0.1, 0.15) is 17.3 Å². The zero-order valence-corrected chi connectivity index (χ0v) is 18.1. The fraction of sp³-hybridized carbons (Fsp3) is 0.217. The number of para-hydroxylation sites is 1. The molecule has 0 aliphatic carbocycles. The third kappa shape index (κ3) is 6.70. The van der Waals surface area contributed by atoms with Crippen LogP contribution in [-0.2, 0) is 17.6 Å². The number of aliphatic imine (C=N–C) groups is 1. The summed E-state index contributed by atoms with van der Waals surface area (Å²) in [5, 5.41) is -0.203. The molecular formula is C23H21ClF3N3O2. The summed E-state index contributed by atoms with van der Waals surface area (Å²) in [6.45, 7) is 3.90. The highest BCUT2D eigenvalue weighted by Gasteiger charge is 2.31. The summed E-state index contributed by atoms with van der Waals surface area (Å²) < 4.78 is 44.2. The molecule has 1 aromatic heterocycles. The molecule has 0 atom stereocenters. The van der Waals surface area contributed by atoms with Crippen LogP contribution in [0.1, 0.15) is 25.0 Å². The van der Waals surface area contributed by atoms with E-state index in [0.717, 1.165) is 17.4 Å². The van der Waals surface area contributed by atoms with E-state index in [9.17, 15) is 13.2 Å². The minimum atomic E-state index is -4.53. The fourth-order valence-electron chi connectivity index (χ4n) is 2.57. The molecule has 0 spiro atoms. The van der Waals surface area contributed by atoms with Crippen molar-refractivity contribution in [2.24, 2.45) is 10.9 Å². The van der Waals surface area contributed by atoms with Crippen molar-refractivity contribution in [1.82, 2.24) is 10.5 Å². The molecule has 1 N–H and O–H groups in total. The van der Waals surface area contributed by atoms with Crippen LogP contribution in [0.2, 0.25) is 5.02 Å². The van der Waals surface area contributed by atoms with Crippen molar-refractivity contribution in [3.05, 3.63) is 83.0 Å². The highest BCUT2D eigenvalue weighted by atomic mass is 35.5. The Kier molecular flexibility index (Phi) is 7.71. The Labute approximate surface area is 188 Å². The molecule has 0 unspecified atom stereocenters. The zero-order chi connectivity index (χ0) is 23.1. The lowest BCUT2D eigenvalue weighted by Gasteiger charge is -2.14. The number of pyridine rings is 1. The van der Waals surface area contributed by atoms with E-state index in [-0.39, 0.29) is 23.4 Å². The number of rotatable bonds is 7. The average Bonchev–Trinajstić information content (AvgIpc) is 2.74. The number of nitrogens with zero attached hydrogens (tertiary/aromatic N) is 2. The van der Waals surface area contributed by atoms with Gasteiger partial charge in [-0.15, -0.1) is 0 Å². The Bertz CT molecular complexity index is 1070. The van der Waals surface area contributed by atoms with Crippen molar-refractivity contribution >= 4 is 23.3 Å². The minimum absolute atomic E-state index is 0.0299. The van der Waals surface area contributed by atoms with Crippen molar-refractivity contribution in [3.8, 4) is 11.5 Å². The van der Waals surface area contributed by atoms with Gasteiger partial charge in [0.05, 0.1) is 17.2 Å². The fourth-order valence-corrected chi connectivity index (χ4v) is 2.78. The highest BCUT2D eigenvalue weighted by Crippen LogP contribution is 2.33. The maximum Gasteiger partial charge on any atom is 0.417 e. The molecule has 0 bridgehead atoms. The molecule has 0 saturated carbocycles. The van der Waals surface area contributed by atoms with Crippen LogP contribution in [0.4, 0.5) is 19.0 Å². The Morgan fingerprint density at radius 1 is 1.06 bits per heavy atom. The minimum Gasteiger partial charge on any atom is -0.457 e. The SMILES string of the molecule is CC(C)/C(=N\c1ncc(C(F)(F)F)cc1Cl)NOCc1cccc(Oc2ccccc2)c1. The lowest BCUT2D eigenvalue weighted by atomic mass is 10.2. The second-order valence-electron chi connectivity index (χ2n) is 7.13. The molecule has 168 valence electrons. The second-order valence-corrected chi connectivity index (χ2v) is 7.54. The third-order valence-electron chi connectivity index (χ3n) is 4.22. The molecule has 2 aromatic carbocycles. The predicted octanol–water partition coefficient (Wildman–Crippen LogP) is 6.95. The zero-order valence-electron chi connectivity index (χ0n) is 17.4. The lowest BCUT2D eigenvalue weighted by Crippen LogP contribution is -2.28. The van der Waals surface area contributed by atoms with Crippen LogP contribution in [0.3, 0.4) is 0 Å².